The third-order valence-electron chi connectivity index (χ3n) is 6.52. The maximum absolute atomic E-state index is 13.0. The van der Waals surface area contributed by atoms with E-state index in [1.807, 2.05) is 6.07 Å². The van der Waals surface area contributed by atoms with Crippen molar-refractivity contribution in [3.8, 4) is 17.2 Å². The molecule has 188 valence electrons. The molecule has 0 spiro atoms. The lowest BCUT2D eigenvalue weighted by atomic mass is 9.98. The highest BCUT2D eigenvalue weighted by Gasteiger charge is 2.20. The number of phenols is 1. The van der Waals surface area contributed by atoms with Crippen molar-refractivity contribution in [2.24, 2.45) is 0 Å². The quantitative estimate of drug-likeness (QED) is 0.177. The molecule has 0 unspecified atom stereocenters. The molecule has 0 aliphatic heterocycles. The summed E-state index contributed by atoms with van der Waals surface area (Å²) in [6, 6.07) is 10.6. The Bertz CT molecular complexity index is 859. The van der Waals surface area contributed by atoms with Crippen LogP contribution in [0.25, 0.3) is 0 Å². The minimum absolute atomic E-state index is 0.0158. The van der Waals surface area contributed by atoms with E-state index in [-0.39, 0.29) is 17.1 Å². The van der Waals surface area contributed by atoms with Gasteiger partial charge in [-0.15, -0.1) is 0 Å². The summed E-state index contributed by atoms with van der Waals surface area (Å²) in [5.74, 6) is 0.611. The van der Waals surface area contributed by atoms with Gasteiger partial charge in [-0.3, -0.25) is 4.79 Å². The van der Waals surface area contributed by atoms with Crippen molar-refractivity contribution in [1.29, 1.82) is 0 Å². The number of rotatable bonds is 18. The van der Waals surface area contributed by atoms with E-state index in [1.165, 1.54) is 91.3 Å². The van der Waals surface area contributed by atoms with Crippen LogP contribution in [-0.2, 0) is 6.42 Å². The Morgan fingerprint density at radius 2 is 1.32 bits per heavy atom. The fourth-order valence-electron chi connectivity index (χ4n) is 4.48. The zero-order chi connectivity index (χ0) is 24.6. The summed E-state index contributed by atoms with van der Waals surface area (Å²) in [5, 5.41) is 10.5. The van der Waals surface area contributed by atoms with E-state index < -0.39 is 0 Å². The van der Waals surface area contributed by atoms with Gasteiger partial charge in [0.25, 0.3) is 0 Å². The topological polar surface area (TPSA) is 55.8 Å². The average molecular weight is 469 g/mol. The minimum atomic E-state index is -0.277. The summed E-state index contributed by atoms with van der Waals surface area (Å²) < 4.78 is 10.7. The smallest absolute Gasteiger partial charge is 0.200 e. The molecule has 4 nitrogen and oxygen atoms in total. The number of ether oxygens (including phenoxy) is 2. The summed E-state index contributed by atoms with van der Waals surface area (Å²) in [6.45, 7) is 2.27. The van der Waals surface area contributed by atoms with Crippen LogP contribution in [0.3, 0.4) is 0 Å². The summed E-state index contributed by atoms with van der Waals surface area (Å²) in [4.78, 5) is 13.0. The zero-order valence-electron chi connectivity index (χ0n) is 21.5. The Kier molecular flexibility index (Phi) is 13.2. The molecule has 0 saturated carbocycles. The van der Waals surface area contributed by atoms with Crippen LogP contribution in [0, 0.1) is 0 Å². The van der Waals surface area contributed by atoms with E-state index in [2.05, 4.69) is 6.92 Å². The number of para-hydroxylation sites is 1. The van der Waals surface area contributed by atoms with Gasteiger partial charge in [-0.2, -0.15) is 0 Å². The number of unbranched alkanes of at least 4 members (excludes halogenated alkanes) is 12. The summed E-state index contributed by atoms with van der Waals surface area (Å²) in [5.41, 5.74) is 1.72. The first-order valence-electron chi connectivity index (χ1n) is 13.2. The van der Waals surface area contributed by atoms with Crippen molar-refractivity contribution >= 4 is 5.78 Å². The van der Waals surface area contributed by atoms with Crippen LogP contribution in [0.1, 0.15) is 112 Å². The number of methoxy groups -OCH3 is 2. The lowest BCUT2D eigenvalue weighted by Gasteiger charge is -2.13. The highest BCUT2D eigenvalue weighted by Crippen LogP contribution is 2.34. The van der Waals surface area contributed by atoms with E-state index in [9.17, 15) is 9.90 Å². The number of carbonyl (C=O) groups is 1. The SMILES string of the molecule is CCCCCCCCCCCCCCCc1ccc(C(=O)c2cccc(OC)c2OC)c(O)c1. The highest BCUT2D eigenvalue weighted by molar-refractivity contribution is 6.12. The van der Waals surface area contributed by atoms with E-state index in [4.69, 9.17) is 9.47 Å². The van der Waals surface area contributed by atoms with E-state index in [0.29, 0.717) is 17.1 Å². The molecule has 0 aromatic heterocycles. The molecule has 0 saturated heterocycles. The number of hydrogen-bond acceptors (Lipinski definition) is 4. The first-order valence-corrected chi connectivity index (χ1v) is 13.2. The molecule has 0 aliphatic rings. The monoisotopic (exact) mass is 468 g/mol. The second kappa shape index (κ2) is 16.2. The van der Waals surface area contributed by atoms with Crippen LogP contribution in [0.2, 0.25) is 0 Å². The molecule has 4 heteroatoms. The predicted molar refractivity (Wildman–Crippen MR) is 140 cm³/mol. The lowest BCUT2D eigenvalue weighted by Crippen LogP contribution is -2.06. The first kappa shape index (κ1) is 27.8. The summed E-state index contributed by atoms with van der Waals surface area (Å²) in [7, 11) is 3.04. The molecule has 0 atom stereocenters. The molecule has 0 radical (unpaired) electrons. The third-order valence-corrected chi connectivity index (χ3v) is 6.52. The number of hydrogen-bond donors (Lipinski definition) is 1. The number of ketones is 1. The molecule has 2 aromatic carbocycles. The second-order valence-corrected chi connectivity index (χ2v) is 9.21. The van der Waals surface area contributed by atoms with Gasteiger partial charge in [0.15, 0.2) is 11.5 Å². The number of carbonyl (C=O) groups excluding carboxylic acids is 1. The molecule has 0 amide bonds. The molecule has 0 aliphatic carbocycles. The van der Waals surface area contributed by atoms with Crippen molar-refractivity contribution in [3.63, 3.8) is 0 Å². The van der Waals surface area contributed by atoms with Crippen LogP contribution in [-0.4, -0.2) is 25.1 Å². The average Bonchev–Trinajstić information content (AvgIpc) is 2.86. The van der Waals surface area contributed by atoms with E-state index in [1.54, 1.807) is 30.3 Å². The van der Waals surface area contributed by atoms with E-state index in [0.717, 1.165) is 18.4 Å². The molecule has 0 heterocycles. The molecular formula is C30H44O4. The number of aryl methyl sites for hydroxylation is 1. The van der Waals surface area contributed by atoms with Gasteiger partial charge in [-0.25, -0.2) is 0 Å². The Labute approximate surface area is 206 Å². The van der Waals surface area contributed by atoms with Crippen molar-refractivity contribution in [1.82, 2.24) is 0 Å². The van der Waals surface area contributed by atoms with Gasteiger partial charge in [0, 0.05) is 0 Å². The fraction of sp³-hybridized carbons (Fsp3) is 0.567. The molecule has 2 rings (SSSR count). The van der Waals surface area contributed by atoms with Gasteiger partial charge < -0.3 is 14.6 Å². The van der Waals surface area contributed by atoms with E-state index >= 15 is 0 Å². The molecular weight excluding hydrogens is 424 g/mol. The van der Waals surface area contributed by atoms with Crippen molar-refractivity contribution in [2.75, 3.05) is 14.2 Å². The molecule has 2 aromatic rings. The van der Waals surface area contributed by atoms with Crippen LogP contribution >= 0.6 is 0 Å². The number of benzene rings is 2. The Morgan fingerprint density at radius 1 is 0.735 bits per heavy atom. The largest absolute Gasteiger partial charge is 0.507 e. The molecule has 0 fully saturated rings. The first-order chi connectivity index (χ1) is 16.6. The molecule has 1 N–H and O–H groups in total. The zero-order valence-corrected chi connectivity index (χ0v) is 21.5. The van der Waals surface area contributed by atoms with Gasteiger partial charge in [0.05, 0.1) is 25.3 Å². The summed E-state index contributed by atoms with van der Waals surface area (Å²) >= 11 is 0. The highest BCUT2D eigenvalue weighted by atomic mass is 16.5. The minimum Gasteiger partial charge on any atom is -0.507 e. The Morgan fingerprint density at radius 3 is 1.85 bits per heavy atom. The maximum atomic E-state index is 13.0. The van der Waals surface area contributed by atoms with Crippen LogP contribution in [0.5, 0.6) is 17.2 Å². The third kappa shape index (κ3) is 9.04. The van der Waals surface area contributed by atoms with Crippen LogP contribution < -0.4 is 9.47 Å². The lowest BCUT2D eigenvalue weighted by molar-refractivity contribution is 0.103. The van der Waals surface area contributed by atoms with Crippen molar-refractivity contribution in [3.05, 3.63) is 53.1 Å². The fourth-order valence-corrected chi connectivity index (χ4v) is 4.48. The van der Waals surface area contributed by atoms with Crippen LogP contribution in [0.15, 0.2) is 36.4 Å². The Balaban J connectivity index is 1.70. The van der Waals surface area contributed by atoms with Gasteiger partial charge in [-0.1, -0.05) is 96.1 Å². The second-order valence-electron chi connectivity index (χ2n) is 9.21. The maximum Gasteiger partial charge on any atom is 0.200 e. The van der Waals surface area contributed by atoms with Gasteiger partial charge in [0.1, 0.15) is 5.75 Å². The standard InChI is InChI=1S/C30H44O4/c1-4-5-6-7-8-9-10-11-12-13-14-15-16-18-24-21-22-25(27(31)23-24)29(32)26-19-17-20-28(33-2)30(26)34-3/h17,19-23,31H,4-16,18H2,1-3H3. The predicted octanol–water partition coefficient (Wildman–Crippen LogP) is 8.27. The number of aromatic hydroxyl groups is 1. The molecule has 34 heavy (non-hydrogen) atoms. The van der Waals surface area contributed by atoms with Gasteiger partial charge in [0.2, 0.25) is 5.78 Å². The van der Waals surface area contributed by atoms with Crippen LogP contribution in [0.4, 0.5) is 0 Å². The van der Waals surface area contributed by atoms with Gasteiger partial charge >= 0.3 is 0 Å². The normalized spacial score (nSPS) is 10.9. The summed E-state index contributed by atoms with van der Waals surface area (Å²) in [6.07, 6.45) is 18.3. The van der Waals surface area contributed by atoms with Gasteiger partial charge in [-0.05, 0) is 42.7 Å². The molecule has 0 bridgehead atoms. The van der Waals surface area contributed by atoms with Crippen molar-refractivity contribution < 1.29 is 19.4 Å². The van der Waals surface area contributed by atoms with Crippen molar-refractivity contribution in [2.45, 2.75) is 96.8 Å². The Hall–Kier alpha value is -2.49. The number of phenolic OH excluding ortho intramolecular Hbond substituents is 1.